The third-order valence-corrected chi connectivity index (χ3v) is 5.36. The second-order valence-electron chi connectivity index (χ2n) is 7.85. The highest BCUT2D eigenvalue weighted by Crippen LogP contribution is 2.18. The van der Waals surface area contributed by atoms with Gasteiger partial charge in [-0.25, -0.2) is 19.3 Å². The zero-order valence-corrected chi connectivity index (χ0v) is 19.6. The van der Waals surface area contributed by atoms with Gasteiger partial charge in [0.15, 0.2) is 0 Å². The number of nitriles is 1. The Morgan fingerprint density at radius 1 is 1.08 bits per heavy atom. The van der Waals surface area contributed by atoms with Crippen molar-refractivity contribution in [2.24, 2.45) is 0 Å². The minimum Gasteiger partial charge on any atom is -0.358 e. The minimum atomic E-state index is -0.414. The van der Waals surface area contributed by atoms with Gasteiger partial charge in [0.25, 0.3) is 5.91 Å². The molecule has 2 aromatic carbocycles. The van der Waals surface area contributed by atoms with E-state index in [4.69, 9.17) is 0 Å². The summed E-state index contributed by atoms with van der Waals surface area (Å²) in [5.74, 6) is 6.17. The van der Waals surface area contributed by atoms with Crippen LogP contribution >= 0.6 is 0 Å². The van der Waals surface area contributed by atoms with E-state index in [0.29, 0.717) is 11.8 Å². The number of fused-ring (bicyclic) bond motifs is 1. The lowest BCUT2D eigenvalue weighted by Gasteiger charge is -2.16. The fourth-order valence-electron chi connectivity index (χ4n) is 3.45. The number of benzene rings is 2. The number of rotatable bonds is 6. The Hall–Kier alpha value is -5.02. The third kappa shape index (κ3) is 5.72. The molecule has 0 fully saturated rings. The van der Waals surface area contributed by atoms with Gasteiger partial charge in [-0.3, -0.25) is 4.79 Å². The molecule has 1 atom stereocenters. The van der Waals surface area contributed by atoms with Crippen LogP contribution in [0.5, 0.6) is 0 Å². The Balaban J connectivity index is 1.47. The minimum absolute atomic E-state index is 0.216. The van der Waals surface area contributed by atoms with E-state index in [-0.39, 0.29) is 29.5 Å². The molecule has 36 heavy (non-hydrogen) atoms. The molecule has 0 aliphatic heterocycles. The summed E-state index contributed by atoms with van der Waals surface area (Å²) < 4.78 is 13.2. The van der Waals surface area contributed by atoms with Crippen LogP contribution in [0.4, 0.5) is 16.2 Å². The molecule has 0 radical (unpaired) electrons. The first-order chi connectivity index (χ1) is 17.5. The summed E-state index contributed by atoms with van der Waals surface area (Å²) in [4.78, 5) is 25.8. The molecule has 0 aliphatic carbocycles. The number of halogens is 1. The van der Waals surface area contributed by atoms with E-state index in [9.17, 15) is 14.4 Å². The average molecular weight is 480 g/mol. The van der Waals surface area contributed by atoms with E-state index in [1.807, 2.05) is 24.3 Å². The summed E-state index contributed by atoms with van der Waals surface area (Å²) in [5.41, 5.74) is 2.82. The summed E-state index contributed by atoms with van der Waals surface area (Å²) in [6, 6.07) is 14.6. The van der Waals surface area contributed by atoms with Crippen molar-refractivity contribution in [1.82, 2.24) is 20.3 Å². The maximum atomic E-state index is 13.2. The van der Waals surface area contributed by atoms with Gasteiger partial charge in [-0.2, -0.15) is 5.26 Å². The van der Waals surface area contributed by atoms with Crippen LogP contribution in [0.25, 0.3) is 10.9 Å². The molecule has 0 aliphatic rings. The number of carbonyl (C=O) groups is 1. The number of amides is 1. The van der Waals surface area contributed by atoms with Crippen LogP contribution in [-0.4, -0.2) is 34.5 Å². The highest BCUT2D eigenvalue weighted by Gasteiger charge is 2.17. The van der Waals surface area contributed by atoms with Gasteiger partial charge in [-0.05, 0) is 48.9 Å². The molecule has 9 heteroatoms. The van der Waals surface area contributed by atoms with Crippen molar-refractivity contribution in [3.63, 3.8) is 0 Å². The summed E-state index contributed by atoms with van der Waals surface area (Å²) in [6.07, 6.45) is 3.12. The highest BCUT2D eigenvalue weighted by molar-refractivity contribution is 5.99. The van der Waals surface area contributed by atoms with Crippen LogP contribution in [0, 0.1) is 29.0 Å². The first-order valence-corrected chi connectivity index (χ1v) is 11.1. The molecule has 2 heterocycles. The largest absolute Gasteiger partial charge is 0.358 e. The van der Waals surface area contributed by atoms with Gasteiger partial charge in [-0.15, -0.1) is 0 Å². The Labute approximate surface area is 207 Å². The monoisotopic (exact) mass is 479 g/mol. The Bertz CT molecular complexity index is 1520. The molecule has 1 unspecified atom stereocenters. The maximum Gasteiger partial charge on any atom is 0.255 e. The lowest BCUT2D eigenvalue weighted by Crippen LogP contribution is -2.28. The highest BCUT2D eigenvalue weighted by atomic mass is 19.1. The number of pyridine rings is 1. The molecule has 0 spiro atoms. The van der Waals surface area contributed by atoms with Gasteiger partial charge in [0.1, 0.15) is 17.7 Å². The molecule has 178 valence electrons. The molecule has 2 aromatic heterocycles. The second kappa shape index (κ2) is 10.9. The predicted octanol–water partition coefficient (Wildman–Crippen LogP) is 4.03. The van der Waals surface area contributed by atoms with Crippen molar-refractivity contribution in [1.29, 1.82) is 5.26 Å². The summed E-state index contributed by atoms with van der Waals surface area (Å²) in [7, 11) is 1.76. The molecule has 3 N–H and O–H groups in total. The van der Waals surface area contributed by atoms with Crippen molar-refractivity contribution in [3.8, 4) is 17.9 Å². The number of nitrogens with zero attached hydrogens (tertiary/aromatic N) is 4. The van der Waals surface area contributed by atoms with Crippen LogP contribution in [0.2, 0.25) is 0 Å². The van der Waals surface area contributed by atoms with Gasteiger partial charge >= 0.3 is 0 Å². The van der Waals surface area contributed by atoms with Gasteiger partial charge in [0.2, 0.25) is 5.95 Å². The molecule has 8 nitrogen and oxygen atoms in total. The van der Waals surface area contributed by atoms with Gasteiger partial charge < -0.3 is 16.0 Å². The maximum absolute atomic E-state index is 13.2. The molecule has 0 bridgehead atoms. The number of carbonyl (C=O) groups excluding carboxylic acids is 1. The van der Waals surface area contributed by atoms with Crippen LogP contribution in [-0.2, 0) is 0 Å². The average Bonchev–Trinajstić information content (AvgIpc) is 2.91. The quantitative estimate of drug-likeness (QED) is 0.358. The van der Waals surface area contributed by atoms with E-state index >= 15 is 0 Å². The molecular weight excluding hydrogens is 457 g/mol. The van der Waals surface area contributed by atoms with Crippen molar-refractivity contribution >= 4 is 28.6 Å². The van der Waals surface area contributed by atoms with Crippen LogP contribution < -0.4 is 16.0 Å². The van der Waals surface area contributed by atoms with Crippen molar-refractivity contribution in [2.45, 2.75) is 13.0 Å². The number of hydrogen-bond donors (Lipinski definition) is 3. The van der Waals surface area contributed by atoms with Crippen LogP contribution in [0.3, 0.4) is 0 Å². The molecule has 4 aromatic rings. The molecular formula is C27H22FN7O. The van der Waals surface area contributed by atoms with E-state index in [2.05, 4.69) is 42.7 Å². The Morgan fingerprint density at radius 2 is 1.89 bits per heavy atom. The number of hydrogen-bond acceptors (Lipinski definition) is 7. The normalized spacial score (nSPS) is 11.1. The summed E-state index contributed by atoms with van der Waals surface area (Å²) in [5, 5.41) is 18.9. The first-order valence-electron chi connectivity index (χ1n) is 11.1. The van der Waals surface area contributed by atoms with E-state index in [0.717, 1.165) is 22.0 Å². The summed E-state index contributed by atoms with van der Waals surface area (Å²) >= 11 is 0. The fraction of sp³-hybridized carbons (Fsp3) is 0.148. The topological polar surface area (TPSA) is 116 Å². The lowest BCUT2D eigenvalue weighted by molar-refractivity contribution is 0.0940. The van der Waals surface area contributed by atoms with Gasteiger partial charge in [0.05, 0.1) is 29.2 Å². The third-order valence-electron chi connectivity index (χ3n) is 5.36. The van der Waals surface area contributed by atoms with Crippen molar-refractivity contribution in [3.05, 3.63) is 89.0 Å². The standard InChI is InChI=1S/C27H22FN7O/c1-17(20-6-8-22(28)9-7-20)34-26(36)23-13-19(14-29)15-32-25(23)31-11-3-4-18-5-10-24-21(12-18)16-33-27(30-2)35-24/h5-10,12-13,15-17H,11H2,1-2H3,(H,31,32)(H,34,36)(H,30,33,35). The van der Waals surface area contributed by atoms with Crippen molar-refractivity contribution < 1.29 is 9.18 Å². The number of nitrogens with one attached hydrogen (secondary N) is 3. The second-order valence-corrected chi connectivity index (χ2v) is 7.85. The number of aromatic nitrogens is 3. The molecule has 0 saturated heterocycles. The SMILES string of the molecule is CNc1ncc2cc(C#CCNc3ncc(C#N)cc3C(=O)NC(C)c3ccc(F)cc3)ccc2n1. The van der Waals surface area contributed by atoms with Crippen LogP contribution in [0.15, 0.2) is 60.9 Å². The zero-order chi connectivity index (χ0) is 25.5. The smallest absolute Gasteiger partial charge is 0.255 e. The molecule has 4 rings (SSSR count). The predicted molar refractivity (Wildman–Crippen MR) is 136 cm³/mol. The van der Waals surface area contributed by atoms with E-state index in [1.165, 1.54) is 24.4 Å². The number of anilines is 2. The van der Waals surface area contributed by atoms with Gasteiger partial charge in [0, 0.05) is 30.4 Å². The molecule has 0 saturated carbocycles. The Morgan fingerprint density at radius 3 is 2.64 bits per heavy atom. The summed E-state index contributed by atoms with van der Waals surface area (Å²) in [6.45, 7) is 2.01. The Kier molecular flexibility index (Phi) is 7.33. The van der Waals surface area contributed by atoms with Crippen molar-refractivity contribution in [2.75, 3.05) is 24.2 Å². The zero-order valence-electron chi connectivity index (χ0n) is 19.6. The lowest BCUT2D eigenvalue weighted by atomic mass is 10.1. The fourth-order valence-corrected chi connectivity index (χ4v) is 3.45. The van der Waals surface area contributed by atoms with Crippen LogP contribution in [0.1, 0.15) is 40.0 Å². The van der Waals surface area contributed by atoms with E-state index < -0.39 is 5.91 Å². The van der Waals surface area contributed by atoms with Gasteiger partial charge in [-0.1, -0.05) is 24.0 Å². The molecule has 1 amide bonds. The first kappa shape index (κ1) is 24.1. The van der Waals surface area contributed by atoms with E-state index in [1.54, 1.807) is 32.3 Å².